The molecule has 8 heteroatoms. The summed E-state index contributed by atoms with van der Waals surface area (Å²) in [4.78, 5) is 41.8. The van der Waals surface area contributed by atoms with E-state index in [-0.39, 0.29) is 11.8 Å². The molecule has 3 heterocycles. The van der Waals surface area contributed by atoms with Crippen molar-refractivity contribution in [2.75, 3.05) is 25.6 Å². The SMILES string of the molecule is COCCN1C(=O)c2ccccc2[C@@H](C(=O)Nc2ccc3c(C)cc(=O)oc3c2)[C@H]1c1cccs1. The fraction of sp³-hybridized carbons (Fsp3) is 0.222. The fourth-order valence-corrected chi connectivity index (χ4v) is 5.58. The third kappa shape index (κ3) is 4.26. The number of hydrogen-bond donors (Lipinski definition) is 1. The Morgan fingerprint density at radius 3 is 2.71 bits per heavy atom. The van der Waals surface area contributed by atoms with Crippen molar-refractivity contribution in [2.45, 2.75) is 18.9 Å². The number of nitrogens with zero attached hydrogens (tertiary/aromatic N) is 1. The van der Waals surface area contributed by atoms with Gasteiger partial charge in [-0.25, -0.2) is 4.79 Å². The maximum absolute atomic E-state index is 13.9. The molecule has 1 aliphatic rings. The Morgan fingerprint density at radius 2 is 1.94 bits per heavy atom. The molecule has 2 atom stereocenters. The monoisotopic (exact) mass is 488 g/mol. The minimum Gasteiger partial charge on any atom is -0.423 e. The zero-order valence-electron chi connectivity index (χ0n) is 19.3. The Bertz CT molecular complexity index is 1460. The average molecular weight is 489 g/mol. The highest BCUT2D eigenvalue weighted by atomic mass is 32.1. The number of carbonyl (C=O) groups is 2. The maximum Gasteiger partial charge on any atom is 0.336 e. The number of benzene rings is 2. The summed E-state index contributed by atoms with van der Waals surface area (Å²) in [6.45, 7) is 2.55. The standard InChI is InChI=1S/C27H24N2O5S/c1-16-14-23(30)34-21-15-17(9-10-18(16)21)28-26(31)24-19-6-3-4-7-20(19)27(32)29(11-12-33-2)25(24)22-8-5-13-35-22/h3-10,13-15,24-25H,11-12H2,1-2H3,(H,28,31)/t24-,25-/m1/s1. The number of anilines is 1. The summed E-state index contributed by atoms with van der Waals surface area (Å²) in [5.74, 6) is -1.01. The highest BCUT2D eigenvalue weighted by Gasteiger charge is 2.44. The van der Waals surface area contributed by atoms with Gasteiger partial charge in [-0.2, -0.15) is 0 Å². The molecule has 5 rings (SSSR count). The number of carbonyl (C=O) groups excluding carboxylic acids is 2. The van der Waals surface area contributed by atoms with Gasteiger partial charge in [-0.3, -0.25) is 9.59 Å². The number of nitrogens with one attached hydrogen (secondary N) is 1. The summed E-state index contributed by atoms with van der Waals surface area (Å²) in [5, 5.41) is 5.75. The van der Waals surface area contributed by atoms with Crippen molar-refractivity contribution in [3.05, 3.63) is 98.0 Å². The van der Waals surface area contributed by atoms with E-state index in [1.807, 2.05) is 42.6 Å². The number of hydrogen-bond acceptors (Lipinski definition) is 6. The van der Waals surface area contributed by atoms with Gasteiger partial charge in [0.25, 0.3) is 5.91 Å². The lowest BCUT2D eigenvalue weighted by Crippen LogP contribution is -2.47. The van der Waals surface area contributed by atoms with Crippen LogP contribution in [0.4, 0.5) is 5.69 Å². The van der Waals surface area contributed by atoms with Crippen LogP contribution in [-0.4, -0.2) is 37.0 Å². The second-order valence-corrected chi connectivity index (χ2v) is 9.44. The number of aryl methyl sites for hydroxylation is 1. The molecular formula is C27H24N2O5S. The summed E-state index contributed by atoms with van der Waals surface area (Å²) in [6, 6.07) is 17.3. The first-order chi connectivity index (χ1) is 17.0. The summed E-state index contributed by atoms with van der Waals surface area (Å²) in [5.41, 5.74) is 2.48. The van der Waals surface area contributed by atoms with E-state index in [4.69, 9.17) is 9.15 Å². The molecule has 0 saturated carbocycles. The first-order valence-electron chi connectivity index (χ1n) is 11.3. The molecule has 0 bridgehead atoms. The van der Waals surface area contributed by atoms with E-state index >= 15 is 0 Å². The van der Waals surface area contributed by atoms with Crippen LogP contribution in [0.15, 0.2) is 75.3 Å². The normalized spacial score (nSPS) is 17.4. The first-order valence-corrected chi connectivity index (χ1v) is 12.1. The molecule has 7 nitrogen and oxygen atoms in total. The van der Waals surface area contributed by atoms with Gasteiger partial charge in [-0.15, -0.1) is 11.3 Å². The lowest BCUT2D eigenvalue weighted by Gasteiger charge is -2.41. The van der Waals surface area contributed by atoms with Crippen LogP contribution in [0.25, 0.3) is 11.0 Å². The van der Waals surface area contributed by atoms with Crippen LogP contribution in [0.1, 0.15) is 38.3 Å². The largest absolute Gasteiger partial charge is 0.423 e. The van der Waals surface area contributed by atoms with Gasteiger partial charge < -0.3 is 19.4 Å². The van der Waals surface area contributed by atoms with Crippen LogP contribution in [0.2, 0.25) is 0 Å². The van der Waals surface area contributed by atoms with Crippen molar-refractivity contribution in [3.63, 3.8) is 0 Å². The van der Waals surface area contributed by atoms with E-state index in [2.05, 4.69) is 5.32 Å². The van der Waals surface area contributed by atoms with E-state index in [0.717, 1.165) is 15.8 Å². The van der Waals surface area contributed by atoms with Gasteiger partial charge in [0.05, 0.1) is 18.6 Å². The zero-order chi connectivity index (χ0) is 24.5. The predicted octanol–water partition coefficient (Wildman–Crippen LogP) is 4.73. The molecule has 0 radical (unpaired) electrons. The molecule has 35 heavy (non-hydrogen) atoms. The van der Waals surface area contributed by atoms with Gasteiger partial charge in [-0.05, 0) is 47.7 Å². The van der Waals surface area contributed by atoms with Gasteiger partial charge in [0.2, 0.25) is 5.91 Å². The number of ether oxygens (including phenoxy) is 1. The number of amides is 2. The molecule has 2 amide bonds. The highest BCUT2D eigenvalue weighted by molar-refractivity contribution is 7.10. The van der Waals surface area contributed by atoms with E-state index < -0.39 is 17.6 Å². The number of thiophene rings is 1. The van der Waals surface area contributed by atoms with Crippen LogP contribution in [0.5, 0.6) is 0 Å². The summed E-state index contributed by atoms with van der Waals surface area (Å²) >= 11 is 1.51. The van der Waals surface area contributed by atoms with Gasteiger partial charge in [-0.1, -0.05) is 24.3 Å². The van der Waals surface area contributed by atoms with Crippen molar-refractivity contribution in [2.24, 2.45) is 0 Å². The van der Waals surface area contributed by atoms with E-state index in [1.54, 1.807) is 36.3 Å². The van der Waals surface area contributed by atoms with Crippen LogP contribution < -0.4 is 10.9 Å². The topological polar surface area (TPSA) is 88.9 Å². The summed E-state index contributed by atoms with van der Waals surface area (Å²) in [7, 11) is 1.59. The van der Waals surface area contributed by atoms with Crippen molar-refractivity contribution in [3.8, 4) is 0 Å². The lowest BCUT2D eigenvalue weighted by molar-refractivity contribution is -0.119. The van der Waals surface area contributed by atoms with Crippen LogP contribution in [0, 0.1) is 6.92 Å². The second kappa shape index (κ2) is 9.48. The highest BCUT2D eigenvalue weighted by Crippen LogP contribution is 2.44. The molecule has 1 aliphatic heterocycles. The van der Waals surface area contributed by atoms with E-state index in [1.165, 1.54) is 17.4 Å². The molecule has 0 aliphatic carbocycles. The van der Waals surface area contributed by atoms with Crippen molar-refractivity contribution in [1.82, 2.24) is 4.90 Å². The average Bonchev–Trinajstić information content (AvgIpc) is 3.37. The van der Waals surface area contributed by atoms with Crippen molar-refractivity contribution >= 4 is 39.8 Å². The van der Waals surface area contributed by atoms with Crippen LogP contribution >= 0.6 is 11.3 Å². The van der Waals surface area contributed by atoms with E-state index in [0.29, 0.717) is 35.5 Å². The molecule has 4 aromatic rings. The number of fused-ring (bicyclic) bond motifs is 2. The smallest absolute Gasteiger partial charge is 0.336 e. The molecule has 2 aromatic heterocycles. The number of methoxy groups -OCH3 is 1. The summed E-state index contributed by atoms with van der Waals surface area (Å²) in [6.07, 6.45) is 0. The predicted molar refractivity (Wildman–Crippen MR) is 135 cm³/mol. The Kier molecular flexibility index (Phi) is 6.23. The minimum atomic E-state index is -0.639. The third-order valence-corrected chi connectivity index (χ3v) is 7.25. The van der Waals surface area contributed by atoms with Crippen LogP contribution in [0.3, 0.4) is 0 Å². The summed E-state index contributed by atoms with van der Waals surface area (Å²) < 4.78 is 10.6. The molecule has 0 unspecified atom stereocenters. The second-order valence-electron chi connectivity index (χ2n) is 8.47. The van der Waals surface area contributed by atoms with Crippen LogP contribution in [-0.2, 0) is 9.53 Å². The fourth-order valence-electron chi connectivity index (χ4n) is 4.71. The number of rotatable bonds is 6. The molecule has 0 fully saturated rings. The lowest BCUT2D eigenvalue weighted by atomic mass is 9.81. The Labute approximate surface area is 205 Å². The van der Waals surface area contributed by atoms with Gasteiger partial charge in [0, 0.05) is 47.3 Å². The molecule has 2 aromatic carbocycles. The maximum atomic E-state index is 13.9. The van der Waals surface area contributed by atoms with Gasteiger partial charge in [0.15, 0.2) is 0 Å². The third-order valence-electron chi connectivity index (χ3n) is 6.31. The molecule has 0 spiro atoms. The quantitative estimate of drug-likeness (QED) is 0.397. The molecular weight excluding hydrogens is 464 g/mol. The molecule has 1 N–H and O–H groups in total. The Balaban J connectivity index is 1.58. The van der Waals surface area contributed by atoms with Gasteiger partial charge >= 0.3 is 5.63 Å². The van der Waals surface area contributed by atoms with Gasteiger partial charge in [0.1, 0.15) is 5.58 Å². The minimum absolute atomic E-state index is 0.122. The zero-order valence-corrected chi connectivity index (χ0v) is 20.1. The van der Waals surface area contributed by atoms with Crippen molar-refractivity contribution < 1.29 is 18.7 Å². The van der Waals surface area contributed by atoms with Crippen molar-refractivity contribution in [1.29, 1.82) is 0 Å². The molecule has 178 valence electrons. The Hall–Kier alpha value is -3.75. The van der Waals surface area contributed by atoms with E-state index in [9.17, 15) is 14.4 Å². The first kappa shape index (κ1) is 23.0. The Morgan fingerprint density at radius 1 is 1.11 bits per heavy atom. The molecule has 0 saturated heterocycles.